The summed E-state index contributed by atoms with van der Waals surface area (Å²) in [5.74, 6) is -1.55. The summed E-state index contributed by atoms with van der Waals surface area (Å²) in [5.41, 5.74) is 2.74. The van der Waals surface area contributed by atoms with Crippen molar-refractivity contribution in [2.24, 2.45) is 4.99 Å². The molecule has 5 nitrogen and oxygen atoms in total. The average molecular weight is 492 g/mol. The maximum absolute atomic E-state index is 14.0. The van der Waals surface area contributed by atoms with Crippen LogP contribution in [-0.4, -0.2) is 34.9 Å². The SMILES string of the molecule is O=C(c1cn(-c2cc(F)cc(F)c2)c2cc(Cl)ccc12)N1CCC2(CC1)OC=Nc1ccccc12. The number of amides is 1. The molecule has 3 heterocycles. The van der Waals surface area contributed by atoms with Gasteiger partial charge in [0.2, 0.25) is 0 Å². The molecule has 1 amide bonds. The minimum atomic E-state index is -0.700. The maximum atomic E-state index is 14.0. The molecule has 0 atom stereocenters. The van der Waals surface area contributed by atoms with Gasteiger partial charge in [-0.05, 0) is 30.3 Å². The molecule has 8 heteroatoms. The molecule has 176 valence electrons. The molecule has 2 aliphatic heterocycles. The molecule has 0 N–H and O–H groups in total. The number of para-hydroxylation sites is 1. The van der Waals surface area contributed by atoms with E-state index in [2.05, 4.69) is 4.99 Å². The fourth-order valence-electron chi connectivity index (χ4n) is 5.11. The van der Waals surface area contributed by atoms with E-state index in [4.69, 9.17) is 16.3 Å². The molecule has 2 aliphatic rings. The highest BCUT2D eigenvalue weighted by molar-refractivity contribution is 6.31. The van der Waals surface area contributed by atoms with Crippen LogP contribution in [0.25, 0.3) is 16.6 Å². The summed E-state index contributed by atoms with van der Waals surface area (Å²) < 4.78 is 35.5. The highest BCUT2D eigenvalue weighted by Crippen LogP contribution is 2.43. The third-order valence-electron chi connectivity index (χ3n) is 6.85. The van der Waals surface area contributed by atoms with Crippen LogP contribution >= 0.6 is 11.6 Å². The number of likely N-dealkylation sites (tertiary alicyclic amines) is 1. The first-order valence-electron chi connectivity index (χ1n) is 11.3. The van der Waals surface area contributed by atoms with E-state index in [0.29, 0.717) is 47.4 Å². The molecule has 6 rings (SSSR count). The van der Waals surface area contributed by atoms with Crippen molar-refractivity contribution in [2.75, 3.05) is 13.1 Å². The van der Waals surface area contributed by atoms with Crippen molar-refractivity contribution in [1.29, 1.82) is 0 Å². The van der Waals surface area contributed by atoms with Crippen molar-refractivity contribution in [3.05, 3.63) is 94.6 Å². The summed E-state index contributed by atoms with van der Waals surface area (Å²) in [6.07, 6.45) is 4.37. The molecule has 1 fully saturated rings. The Morgan fingerprint density at radius 3 is 2.51 bits per heavy atom. The Morgan fingerprint density at radius 2 is 1.74 bits per heavy atom. The minimum absolute atomic E-state index is 0.152. The van der Waals surface area contributed by atoms with Gasteiger partial charge in [-0.15, -0.1) is 0 Å². The molecule has 1 saturated heterocycles. The monoisotopic (exact) mass is 491 g/mol. The van der Waals surface area contributed by atoms with Crippen LogP contribution < -0.4 is 0 Å². The highest BCUT2D eigenvalue weighted by Gasteiger charge is 2.42. The predicted molar refractivity (Wildman–Crippen MR) is 131 cm³/mol. The van der Waals surface area contributed by atoms with Gasteiger partial charge in [0.1, 0.15) is 17.2 Å². The van der Waals surface area contributed by atoms with Gasteiger partial charge in [0.05, 0.1) is 22.5 Å². The van der Waals surface area contributed by atoms with Gasteiger partial charge in [0.15, 0.2) is 6.40 Å². The molecule has 0 bridgehead atoms. The second-order valence-corrected chi connectivity index (χ2v) is 9.29. The van der Waals surface area contributed by atoms with Gasteiger partial charge in [-0.2, -0.15) is 0 Å². The summed E-state index contributed by atoms with van der Waals surface area (Å²) in [6.45, 7) is 0.992. The number of rotatable bonds is 2. The zero-order valence-corrected chi connectivity index (χ0v) is 19.3. The largest absolute Gasteiger partial charge is 0.472 e. The molecular weight excluding hydrogens is 472 g/mol. The van der Waals surface area contributed by atoms with Crippen LogP contribution in [0.3, 0.4) is 0 Å². The molecule has 0 unspecified atom stereocenters. The molecule has 4 aromatic rings. The van der Waals surface area contributed by atoms with Gasteiger partial charge in [-0.3, -0.25) is 4.79 Å². The van der Waals surface area contributed by atoms with Crippen molar-refractivity contribution < 1.29 is 18.3 Å². The van der Waals surface area contributed by atoms with Crippen molar-refractivity contribution in [3.8, 4) is 5.69 Å². The summed E-state index contributed by atoms with van der Waals surface area (Å²) in [6, 6.07) is 16.3. The van der Waals surface area contributed by atoms with Gasteiger partial charge >= 0.3 is 0 Å². The van der Waals surface area contributed by atoms with Crippen LogP contribution in [0.1, 0.15) is 28.8 Å². The quantitative estimate of drug-likeness (QED) is 0.326. The number of carbonyl (C=O) groups excluding carboxylic acids is 1. The van der Waals surface area contributed by atoms with E-state index < -0.39 is 17.2 Å². The summed E-state index contributed by atoms with van der Waals surface area (Å²) in [7, 11) is 0. The smallest absolute Gasteiger partial charge is 0.256 e. The summed E-state index contributed by atoms with van der Waals surface area (Å²) in [5, 5.41) is 1.12. The first kappa shape index (κ1) is 21.8. The number of hydrogen-bond donors (Lipinski definition) is 0. The minimum Gasteiger partial charge on any atom is -0.472 e. The molecule has 0 aliphatic carbocycles. The maximum Gasteiger partial charge on any atom is 0.256 e. The second-order valence-electron chi connectivity index (χ2n) is 8.86. The van der Waals surface area contributed by atoms with Crippen LogP contribution in [0.2, 0.25) is 5.02 Å². The lowest BCUT2D eigenvalue weighted by atomic mass is 9.82. The van der Waals surface area contributed by atoms with Crippen LogP contribution in [0.15, 0.2) is 71.9 Å². The third kappa shape index (κ3) is 3.67. The van der Waals surface area contributed by atoms with E-state index in [-0.39, 0.29) is 11.6 Å². The molecule has 35 heavy (non-hydrogen) atoms. The Bertz CT molecular complexity index is 1490. The Balaban J connectivity index is 1.34. The summed E-state index contributed by atoms with van der Waals surface area (Å²) >= 11 is 6.22. The lowest BCUT2D eigenvalue weighted by Crippen LogP contribution is -2.47. The number of nitrogens with zero attached hydrogens (tertiary/aromatic N) is 3. The fraction of sp³-hybridized carbons (Fsp3) is 0.185. The first-order valence-corrected chi connectivity index (χ1v) is 11.7. The number of fused-ring (bicyclic) bond motifs is 3. The van der Waals surface area contributed by atoms with Crippen molar-refractivity contribution >= 4 is 40.5 Å². The van der Waals surface area contributed by atoms with Crippen molar-refractivity contribution in [1.82, 2.24) is 9.47 Å². The summed E-state index contributed by atoms with van der Waals surface area (Å²) in [4.78, 5) is 19.8. The molecule has 1 spiro atoms. The van der Waals surface area contributed by atoms with E-state index in [1.165, 1.54) is 18.5 Å². The second kappa shape index (κ2) is 8.20. The molecule has 3 aromatic carbocycles. The number of benzene rings is 3. The van der Waals surface area contributed by atoms with Crippen LogP contribution in [0, 0.1) is 11.6 Å². The number of aliphatic imine (C=N–C) groups is 1. The van der Waals surface area contributed by atoms with Crippen LogP contribution in [0.4, 0.5) is 14.5 Å². The zero-order valence-electron chi connectivity index (χ0n) is 18.5. The fourth-order valence-corrected chi connectivity index (χ4v) is 5.28. The topological polar surface area (TPSA) is 46.8 Å². The van der Waals surface area contributed by atoms with Gasteiger partial charge in [-0.1, -0.05) is 35.9 Å². The molecule has 1 aromatic heterocycles. The number of ether oxygens (including phenoxy) is 1. The van der Waals surface area contributed by atoms with E-state index in [1.54, 1.807) is 33.9 Å². The number of carbonyl (C=O) groups is 1. The van der Waals surface area contributed by atoms with Crippen molar-refractivity contribution in [2.45, 2.75) is 18.4 Å². The molecule has 0 saturated carbocycles. The van der Waals surface area contributed by atoms with Crippen molar-refractivity contribution in [3.63, 3.8) is 0 Å². The Morgan fingerprint density at radius 1 is 1.00 bits per heavy atom. The van der Waals surface area contributed by atoms with E-state index in [9.17, 15) is 13.6 Å². The third-order valence-corrected chi connectivity index (χ3v) is 7.08. The Labute approximate surface area is 205 Å². The number of hydrogen-bond acceptors (Lipinski definition) is 3. The number of aromatic nitrogens is 1. The van der Waals surface area contributed by atoms with E-state index in [0.717, 1.165) is 17.3 Å². The normalized spacial score (nSPS) is 16.4. The zero-order chi connectivity index (χ0) is 24.2. The molecular formula is C27H20ClF2N3O2. The van der Waals surface area contributed by atoms with Gasteiger partial charge in [-0.25, -0.2) is 13.8 Å². The average Bonchev–Trinajstić information content (AvgIpc) is 3.22. The van der Waals surface area contributed by atoms with Crippen LogP contribution in [0.5, 0.6) is 0 Å². The standard InChI is InChI=1S/C27H20ClF2N3O2/c28-17-5-6-21-22(15-33(25(21)11-17)20-13-18(29)12-19(30)14-20)26(34)32-9-7-27(8-10-32)23-3-1-2-4-24(23)31-16-35-27/h1-6,11-16H,7-10H2. The van der Waals surface area contributed by atoms with E-state index in [1.807, 2.05) is 24.3 Å². The van der Waals surface area contributed by atoms with E-state index >= 15 is 0 Å². The van der Waals surface area contributed by atoms with Gasteiger partial charge < -0.3 is 14.2 Å². The number of halogens is 3. The predicted octanol–water partition coefficient (Wildman–Crippen LogP) is 6.38. The number of piperidine rings is 1. The lowest BCUT2D eigenvalue weighted by Gasteiger charge is -2.42. The van der Waals surface area contributed by atoms with Crippen LogP contribution in [-0.2, 0) is 10.3 Å². The first-order chi connectivity index (χ1) is 16.9. The van der Waals surface area contributed by atoms with Gasteiger partial charge in [0.25, 0.3) is 5.91 Å². The highest BCUT2D eigenvalue weighted by atomic mass is 35.5. The molecule has 0 radical (unpaired) electrons. The van der Waals surface area contributed by atoms with Gasteiger partial charge in [0, 0.05) is 54.2 Å². The lowest BCUT2D eigenvalue weighted by molar-refractivity contribution is -0.00614. The Hall–Kier alpha value is -3.71. The Kier molecular flexibility index (Phi) is 5.11.